The highest BCUT2D eigenvalue weighted by molar-refractivity contribution is 5.77. The predicted octanol–water partition coefficient (Wildman–Crippen LogP) is 2.02. The molecule has 1 heterocycles. The molecule has 0 saturated carbocycles. The summed E-state index contributed by atoms with van der Waals surface area (Å²) in [5.74, 6) is 0. The van der Waals surface area contributed by atoms with Crippen molar-refractivity contribution in [1.29, 1.82) is 0 Å². The molecule has 1 aromatic rings. The largest absolute Gasteiger partial charge is 0.455 e. The summed E-state index contributed by atoms with van der Waals surface area (Å²) in [6, 6.07) is 7.18. The highest BCUT2D eigenvalue weighted by Crippen LogP contribution is 2.25. The Morgan fingerprint density at radius 3 is 2.54 bits per heavy atom. The van der Waals surface area contributed by atoms with E-state index in [2.05, 4.69) is 0 Å². The highest BCUT2D eigenvalue weighted by Gasteiger charge is 2.18. The Morgan fingerprint density at radius 2 is 1.85 bits per heavy atom. The molecule has 0 fully saturated rings. The van der Waals surface area contributed by atoms with Crippen LogP contribution in [0.3, 0.4) is 0 Å². The minimum absolute atomic E-state index is 0.471. The van der Waals surface area contributed by atoms with Crippen molar-refractivity contribution in [1.82, 2.24) is 0 Å². The van der Waals surface area contributed by atoms with Crippen molar-refractivity contribution in [3.05, 3.63) is 47.9 Å². The first-order valence-electron chi connectivity index (χ1n) is 3.92. The average molecular weight is 176 g/mol. The van der Waals surface area contributed by atoms with Gasteiger partial charge in [0.2, 0.25) is 0 Å². The van der Waals surface area contributed by atoms with Crippen molar-refractivity contribution < 1.29 is 14.3 Å². The van der Waals surface area contributed by atoms with E-state index in [9.17, 15) is 4.79 Å². The number of aldehydes is 1. The number of hydrogen-bond donors (Lipinski definition) is 0. The van der Waals surface area contributed by atoms with Crippen LogP contribution in [0, 0.1) is 0 Å². The third-order valence-corrected chi connectivity index (χ3v) is 1.84. The van der Waals surface area contributed by atoms with E-state index in [1.807, 2.05) is 6.07 Å². The lowest BCUT2D eigenvalue weighted by atomic mass is 10.1. The molecule has 0 N–H and O–H groups in total. The summed E-state index contributed by atoms with van der Waals surface area (Å²) in [5.41, 5.74) is 1.35. The lowest BCUT2D eigenvalue weighted by molar-refractivity contribution is -0.0249. The zero-order chi connectivity index (χ0) is 9.10. The van der Waals surface area contributed by atoms with Gasteiger partial charge in [0.15, 0.2) is 6.29 Å². The first-order chi connectivity index (χ1) is 6.42. The average Bonchev–Trinajstić information content (AvgIpc) is 2.70. The van der Waals surface area contributed by atoms with Gasteiger partial charge in [0, 0.05) is 11.1 Å². The SMILES string of the molecule is O=Cc1ccccc1C1OC=CO1. The molecule has 1 aliphatic rings. The zero-order valence-corrected chi connectivity index (χ0v) is 6.84. The molecule has 0 saturated heterocycles. The molecular weight excluding hydrogens is 168 g/mol. The Hall–Kier alpha value is -1.77. The van der Waals surface area contributed by atoms with E-state index in [0.29, 0.717) is 5.56 Å². The molecule has 1 aromatic carbocycles. The molecule has 3 heteroatoms. The molecule has 13 heavy (non-hydrogen) atoms. The Labute approximate surface area is 75.6 Å². The topological polar surface area (TPSA) is 35.5 Å². The minimum Gasteiger partial charge on any atom is -0.455 e. The summed E-state index contributed by atoms with van der Waals surface area (Å²) < 4.78 is 10.2. The maximum atomic E-state index is 10.7. The normalized spacial score (nSPS) is 15.1. The van der Waals surface area contributed by atoms with Crippen LogP contribution in [0.15, 0.2) is 36.8 Å². The number of carbonyl (C=O) groups is 1. The molecule has 0 unspecified atom stereocenters. The number of benzene rings is 1. The van der Waals surface area contributed by atoms with Crippen LogP contribution in [0.4, 0.5) is 0 Å². The summed E-state index contributed by atoms with van der Waals surface area (Å²) in [7, 11) is 0. The zero-order valence-electron chi connectivity index (χ0n) is 6.84. The van der Waals surface area contributed by atoms with Crippen molar-refractivity contribution in [3.63, 3.8) is 0 Å². The van der Waals surface area contributed by atoms with Gasteiger partial charge in [0.25, 0.3) is 6.29 Å². The van der Waals surface area contributed by atoms with Crippen molar-refractivity contribution >= 4 is 6.29 Å². The van der Waals surface area contributed by atoms with Gasteiger partial charge in [-0.25, -0.2) is 0 Å². The van der Waals surface area contributed by atoms with Gasteiger partial charge in [-0.3, -0.25) is 4.79 Å². The van der Waals surface area contributed by atoms with E-state index in [4.69, 9.17) is 9.47 Å². The second-order valence-corrected chi connectivity index (χ2v) is 2.62. The first kappa shape index (κ1) is 7.86. The lowest BCUT2D eigenvalue weighted by Crippen LogP contribution is -2.01. The van der Waals surface area contributed by atoms with E-state index < -0.39 is 6.29 Å². The van der Waals surface area contributed by atoms with Gasteiger partial charge in [-0.2, -0.15) is 0 Å². The van der Waals surface area contributed by atoms with E-state index in [1.54, 1.807) is 18.2 Å². The lowest BCUT2D eigenvalue weighted by Gasteiger charge is -2.11. The van der Waals surface area contributed by atoms with E-state index in [0.717, 1.165) is 11.8 Å². The van der Waals surface area contributed by atoms with Crippen LogP contribution >= 0.6 is 0 Å². The molecule has 0 bridgehead atoms. The van der Waals surface area contributed by atoms with Gasteiger partial charge < -0.3 is 9.47 Å². The van der Waals surface area contributed by atoms with Gasteiger partial charge in [0.05, 0.1) is 0 Å². The fourth-order valence-electron chi connectivity index (χ4n) is 1.22. The summed E-state index contributed by atoms with van der Waals surface area (Å²) in [6.45, 7) is 0. The maximum absolute atomic E-state index is 10.7. The van der Waals surface area contributed by atoms with Crippen LogP contribution in [0.25, 0.3) is 0 Å². The number of carbonyl (C=O) groups excluding carboxylic acids is 1. The Balaban J connectivity index is 2.32. The molecule has 66 valence electrons. The molecule has 2 rings (SSSR count). The molecular formula is C10H8O3. The van der Waals surface area contributed by atoms with Crippen LogP contribution < -0.4 is 0 Å². The van der Waals surface area contributed by atoms with Crippen molar-refractivity contribution in [2.45, 2.75) is 6.29 Å². The second-order valence-electron chi connectivity index (χ2n) is 2.62. The third kappa shape index (κ3) is 1.40. The standard InChI is InChI=1S/C10H8O3/c11-7-8-3-1-2-4-9(8)10-12-5-6-13-10/h1-7,10H. The maximum Gasteiger partial charge on any atom is 0.267 e. The summed E-state index contributed by atoms with van der Waals surface area (Å²) in [6.07, 6.45) is 3.25. The van der Waals surface area contributed by atoms with Crippen LogP contribution in [0.2, 0.25) is 0 Å². The summed E-state index contributed by atoms with van der Waals surface area (Å²) >= 11 is 0. The monoisotopic (exact) mass is 176 g/mol. The Bertz CT molecular complexity index is 336. The molecule has 0 amide bonds. The molecule has 0 atom stereocenters. The van der Waals surface area contributed by atoms with Crippen molar-refractivity contribution in [2.24, 2.45) is 0 Å². The Kier molecular flexibility index (Phi) is 2.00. The second kappa shape index (κ2) is 3.31. The van der Waals surface area contributed by atoms with Crippen molar-refractivity contribution in [2.75, 3.05) is 0 Å². The molecule has 0 radical (unpaired) electrons. The fourth-order valence-corrected chi connectivity index (χ4v) is 1.22. The smallest absolute Gasteiger partial charge is 0.267 e. The van der Waals surface area contributed by atoms with Gasteiger partial charge in [0.1, 0.15) is 12.5 Å². The summed E-state index contributed by atoms with van der Waals surface area (Å²) in [5, 5.41) is 0. The Morgan fingerprint density at radius 1 is 1.15 bits per heavy atom. The molecule has 0 aliphatic carbocycles. The quantitative estimate of drug-likeness (QED) is 0.646. The number of ether oxygens (including phenoxy) is 2. The van der Waals surface area contributed by atoms with Gasteiger partial charge >= 0.3 is 0 Å². The van der Waals surface area contributed by atoms with Gasteiger partial charge in [-0.15, -0.1) is 0 Å². The number of rotatable bonds is 2. The van der Waals surface area contributed by atoms with E-state index in [-0.39, 0.29) is 0 Å². The highest BCUT2D eigenvalue weighted by atomic mass is 16.7. The fraction of sp³-hybridized carbons (Fsp3) is 0.100. The number of hydrogen-bond acceptors (Lipinski definition) is 3. The summed E-state index contributed by atoms with van der Waals surface area (Å²) in [4.78, 5) is 10.7. The van der Waals surface area contributed by atoms with Gasteiger partial charge in [-0.05, 0) is 0 Å². The molecule has 1 aliphatic heterocycles. The first-order valence-corrected chi connectivity index (χ1v) is 3.92. The van der Waals surface area contributed by atoms with Gasteiger partial charge in [-0.1, -0.05) is 24.3 Å². The molecule has 0 spiro atoms. The van der Waals surface area contributed by atoms with E-state index in [1.165, 1.54) is 12.5 Å². The minimum atomic E-state index is -0.471. The predicted molar refractivity (Wildman–Crippen MR) is 45.9 cm³/mol. The molecule has 3 nitrogen and oxygen atoms in total. The molecule has 0 aromatic heterocycles. The van der Waals surface area contributed by atoms with Crippen molar-refractivity contribution in [3.8, 4) is 0 Å². The van der Waals surface area contributed by atoms with Crippen LogP contribution in [0.1, 0.15) is 22.2 Å². The van der Waals surface area contributed by atoms with Crippen LogP contribution in [0.5, 0.6) is 0 Å². The third-order valence-electron chi connectivity index (χ3n) is 1.84. The van der Waals surface area contributed by atoms with Crippen LogP contribution in [-0.4, -0.2) is 6.29 Å². The van der Waals surface area contributed by atoms with Crippen LogP contribution in [-0.2, 0) is 9.47 Å². The van der Waals surface area contributed by atoms with E-state index >= 15 is 0 Å².